The highest BCUT2D eigenvalue weighted by Crippen LogP contribution is 2.22. The topological polar surface area (TPSA) is 61.2 Å². The van der Waals surface area contributed by atoms with Crippen LogP contribution in [0.2, 0.25) is 0 Å². The maximum Gasteiger partial charge on any atom is 0.262 e. The van der Waals surface area contributed by atoms with Gasteiger partial charge in [0.05, 0.1) is 23.6 Å². The third-order valence-electron chi connectivity index (χ3n) is 4.50. The number of ketones is 1. The summed E-state index contributed by atoms with van der Waals surface area (Å²) in [5.41, 5.74) is 1.37. The Morgan fingerprint density at radius 3 is 2.61 bits per heavy atom. The van der Waals surface area contributed by atoms with Crippen LogP contribution in [0.1, 0.15) is 36.2 Å². The zero-order valence-electron chi connectivity index (χ0n) is 16.1. The first kappa shape index (κ1) is 20.3. The molecule has 3 aromatic rings. The van der Waals surface area contributed by atoms with E-state index in [-0.39, 0.29) is 17.4 Å². The van der Waals surface area contributed by atoms with Crippen LogP contribution in [0.4, 0.5) is 0 Å². The van der Waals surface area contributed by atoms with Gasteiger partial charge in [-0.25, -0.2) is 4.98 Å². The first-order valence-electron chi connectivity index (χ1n) is 9.33. The second kappa shape index (κ2) is 9.66. The van der Waals surface area contributed by atoms with Gasteiger partial charge in [0, 0.05) is 24.8 Å². The van der Waals surface area contributed by atoms with E-state index >= 15 is 0 Å². The zero-order chi connectivity index (χ0) is 19.9. The molecule has 0 N–H and O–H groups in total. The molecule has 1 aromatic heterocycles. The van der Waals surface area contributed by atoms with Crippen LogP contribution < -0.4 is 5.56 Å². The van der Waals surface area contributed by atoms with E-state index in [0.717, 1.165) is 12.0 Å². The van der Waals surface area contributed by atoms with E-state index < -0.39 is 0 Å². The van der Waals surface area contributed by atoms with Crippen LogP contribution >= 0.6 is 11.8 Å². The molecule has 3 rings (SSSR count). The van der Waals surface area contributed by atoms with Crippen molar-refractivity contribution < 1.29 is 9.53 Å². The smallest absolute Gasteiger partial charge is 0.262 e. The number of hydrogen-bond acceptors (Lipinski definition) is 5. The van der Waals surface area contributed by atoms with Crippen molar-refractivity contribution in [2.75, 3.05) is 19.5 Å². The molecule has 6 heteroatoms. The third kappa shape index (κ3) is 4.69. The number of methoxy groups -OCH3 is 1. The largest absolute Gasteiger partial charge is 0.383 e. The van der Waals surface area contributed by atoms with E-state index in [1.165, 1.54) is 11.8 Å². The molecule has 2 aromatic carbocycles. The number of Topliss-reactive ketones (excluding diaryl/α,β-unsaturated/α-hetero) is 1. The number of hydrogen-bond donors (Lipinski definition) is 0. The van der Waals surface area contributed by atoms with Crippen molar-refractivity contribution in [3.63, 3.8) is 0 Å². The fraction of sp³-hybridized carbons (Fsp3) is 0.318. The van der Waals surface area contributed by atoms with Crippen molar-refractivity contribution in [2.24, 2.45) is 0 Å². The van der Waals surface area contributed by atoms with Crippen LogP contribution in [-0.4, -0.2) is 34.8 Å². The van der Waals surface area contributed by atoms with Gasteiger partial charge in [0.25, 0.3) is 5.56 Å². The average Bonchev–Trinajstić information content (AvgIpc) is 2.72. The van der Waals surface area contributed by atoms with Gasteiger partial charge in [0.15, 0.2) is 10.9 Å². The number of carbonyl (C=O) groups is 1. The minimum Gasteiger partial charge on any atom is -0.383 e. The number of ether oxygens (including phenoxy) is 1. The van der Waals surface area contributed by atoms with Crippen molar-refractivity contribution in [2.45, 2.75) is 31.0 Å². The number of carbonyl (C=O) groups excluding carboxylic acids is 1. The van der Waals surface area contributed by atoms with Gasteiger partial charge in [0.1, 0.15) is 0 Å². The van der Waals surface area contributed by atoms with Gasteiger partial charge in [-0.05, 0) is 25.5 Å². The molecule has 5 nitrogen and oxygen atoms in total. The highest BCUT2D eigenvalue weighted by atomic mass is 32.2. The number of rotatable bonds is 9. The fourth-order valence-electron chi connectivity index (χ4n) is 3.10. The summed E-state index contributed by atoms with van der Waals surface area (Å²) in [6.45, 7) is 2.38. The molecule has 0 saturated heterocycles. The highest BCUT2D eigenvalue weighted by molar-refractivity contribution is 7.99. The Kier molecular flexibility index (Phi) is 7.01. The normalized spacial score (nSPS) is 12.2. The van der Waals surface area contributed by atoms with Gasteiger partial charge in [0.2, 0.25) is 0 Å². The van der Waals surface area contributed by atoms with Crippen LogP contribution in [0.25, 0.3) is 10.9 Å². The average molecular weight is 397 g/mol. The molecule has 0 saturated carbocycles. The fourth-order valence-corrected chi connectivity index (χ4v) is 4.13. The SMILES string of the molecule is COC[C@H](C)n1c(SCCCC(=O)c2ccccc2)nc2ccccc2c1=O. The predicted octanol–water partition coefficient (Wildman–Crippen LogP) is 4.36. The highest BCUT2D eigenvalue weighted by Gasteiger charge is 2.16. The van der Waals surface area contributed by atoms with Crippen molar-refractivity contribution in [1.29, 1.82) is 0 Å². The van der Waals surface area contributed by atoms with Gasteiger partial charge < -0.3 is 4.74 Å². The summed E-state index contributed by atoms with van der Waals surface area (Å²) < 4.78 is 6.95. The molecular formula is C22H24N2O3S. The first-order valence-corrected chi connectivity index (χ1v) is 10.3. The van der Waals surface area contributed by atoms with Crippen LogP contribution in [0.15, 0.2) is 64.5 Å². The van der Waals surface area contributed by atoms with Gasteiger partial charge in [-0.1, -0.05) is 54.2 Å². The molecule has 28 heavy (non-hydrogen) atoms. The number of para-hydroxylation sites is 1. The van der Waals surface area contributed by atoms with E-state index in [4.69, 9.17) is 9.72 Å². The van der Waals surface area contributed by atoms with Crippen LogP contribution in [0, 0.1) is 0 Å². The lowest BCUT2D eigenvalue weighted by molar-refractivity contribution is 0.0982. The molecular weight excluding hydrogens is 372 g/mol. The van der Waals surface area contributed by atoms with Crippen LogP contribution in [0.5, 0.6) is 0 Å². The van der Waals surface area contributed by atoms with Crippen molar-refractivity contribution in [3.05, 3.63) is 70.5 Å². The van der Waals surface area contributed by atoms with Crippen molar-refractivity contribution in [3.8, 4) is 0 Å². The Morgan fingerprint density at radius 2 is 1.86 bits per heavy atom. The summed E-state index contributed by atoms with van der Waals surface area (Å²) in [5.74, 6) is 0.848. The van der Waals surface area contributed by atoms with Crippen LogP contribution in [-0.2, 0) is 4.74 Å². The van der Waals surface area contributed by atoms with Gasteiger partial charge in [-0.3, -0.25) is 14.2 Å². The summed E-state index contributed by atoms with van der Waals surface area (Å²) >= 11 is 1.51. The molecule has 0 amide bonds. The monoisotopic (exact) mass is 396 g/mol. The maximum absolute atomic E-state index is 13.0. The van der Waals surface area contributed by atoms with E-state index in [1.54, 1.807) is 17.7 Å². The van der Waals surface area contributed by atoms with Gasteiger partial charge >= 0.3 is 0 Å². The quantitative estimate of drug-likeness (QED) is 0.233. The molecule has 0 unspecified atom stereocenters. The molecule has 0 radical (unpaired) electrons. The molecule has 0 aliphatic rings. The summed E-state index contributed by atoms with van der Waals surface area (Å²) in [5, 5.41) is 1.27. The number of aromatic nitrogens is 2. The van der Waals surface area contributed by atoms with E-state index in [2.05, 4.69) is 0 Å². The number of fused-ring (bicyclic) bond motifs is 1. The van der Waals surface area contributed by atoms with Gasteiger partial charge in [-0.15, -0.1) is 0 Å². The molecule has 0 fully saturated rings. The molecule has 0 spiro atoms. The molecule has 1 atom stereocenters. The standard InChI is InChI=1S/C22H24N2O3S/c1-16(15-27-2)24-21(26)18-11-6-7-12-19(18)23-22(24)28-14-8-13-20(25)17-9-4-3-5-10-17/h3-7,9-12,16H,8,13-15H2,1-2H3/t16-/m0/s1. The Morgan fingerprint density at radius 1 is 1.14 bits per heavy atom. The number of thioether (sulfide) groups is 1. The van der Waals surface area contributed by atoms with Crippen LogP contribution in [0.3, 0.4) is 0 Å². The second-order valence-electron chi connectivity index (χ2n) is 6.63. The number of benzene rings is 2. The van der Waals surface area contributed by atoms with Crippen molar-refractivity contribution >= 4 is 28.4 Å². The summed E-state index contributed by atoms with van der Waals surface area (Å²) in [6, 6.07) is 16.6. The molecule has 0 aliphatic heterocycles. The lowest BCUT2D eigenvalue weighted by atomic mass is 10.1. The zero-order valence-corrected chi connectivity index (χ0v) is 16.9. The lowest BCUT2D eigenvalue weighted by Crippen LogP contribution is -2.28. The predicted molar refractivity (Wildman–Crippen MR) is 113 cm³/mol. The minimum atomic E-state index is -0.122. The first-order chi connectivity index (χ1) is 13.6. The van der Waals surface area contributed by atoms with E-state index in [9.17, 15) is 9.59 Å². The second-order valence-corrected chi connectivity index (χ2v) is 7.69. The molecule has 0 bridgehead atoms. The lowest BCUT2D eigenvalue weighted by Gasteiger charge is -2.18. The Balaban J connectivity index is 1.75. The van der Waals surface area contributed by atoms with Gasteiger partial charge in [-0.2, -0.15) is 0 Å². The Labute approximate surface area is 168 Å². The summed E-state index contributed by atoms with van der Waals surface area (Å²) in [7, 11) is 1.62. The molecule has 1 heterocycles. The van der Waals surface area contributed by atoms with E-state index in [0.29, 0.717) is 34.8 Å². The third-order valence-corrected chi connectivity index (χ3v) is 5.54. The Hall–Kier alpha value is -2.44. The maximum atomic E-state index is 13.0. The summed E-state index contributed by atoms with van der Waals surface area (Å²) in [4.78, 5) is 29.9. The minimum absolute atomic E-state index is 0.0574. The number of nitrogens with zero attached hydrogens (tertiary/aromatic N) is 2. The van der Waals surface area contributed by atoms with Crippen molar-refractivity contribution in [1.82, 2.24) is 9.55 Å². The van der Waals surface area contributed by atoms with E-state index in [1.807, 2.05) is 55.5 Å². The molecule has 0 aliphatic carbocycles. The summed E-state index contributed by atoms with van der Waals surface area (Å²) in [6.07, 6.45) is 1.20. The Bertz CT molecular complexity index is 1000. The molecule has 146 valence electrons.